The number of benzene rings is 2. The van der Waals surface area contributed by atoms with Gasteiger partial charge in [0.25, 0.3) is 0 Å². The first-order valence-electron chi connectivity index (χ1n) is 8.64. The molecule has 2 aromatic carbocycles. The van der Waals surface area contributed by atoms with Crippen LogP contribution >= 0.6 is 0 Å². The lowest BCUT2D eigenvalue weighted by Gasteiger charge is -2.22. The van der Waals surface area contributed by atoms with E-state index in [0.717, 1.165) is 39.2 Å². The lowest BCUT2D eigenvalue weighted by molar-refractivity contribution is 0.0601. The van der Waals surface area contributed by atoms with Gasteiger partial charge in [-0.25, -0.2) is 9.59 Å². The van der Waals surface area contributed by atoms with Gasteiger partial charge in [-0.3, -0.25) is 0 Å². The lowest BCUT2D eigenvalue weighted by Crippen LogP contribution is -2.13. The first kappa shape index (κ1) is 20.3. The zero-order valence-electron chi connectivity index (χ0n) is 17.0. The molecule has 0 bridgehead atoms. The standard InChI is InChI=1S/C22H26N2O3/c1-14-10-17(23(3)4)12-16(8-9-25)20(14)21-15(2)11-18(24(5)6)13-19(21)22(26)27-7/h8,10-13H,1-7H3. The number of hydrogen-bond acceptors (Lipinski definition) is 5. The summed E-state index contributed by atoms with van der Waals surface area (Å²) in [5.41, 5.74) is 6.59. The van der Waals surface area contributed by atoms with Crippen molar-refractivity contribution in [3.8, 4) is 11.1 Å². The highest BCUT2D eigenvalue weighted by molar-refractivity contribution is 6.02. The third-order valence-corrected chi connectivity index (χ3v) is 4.57. The van der Waals surface area contributed by atoms with Crippen molar-refractivity contribution in [1.29, 1.82) is 0 Å². The molecule has 0 spiro atoms. The maximum atomic E-state index is 12.6. The third-order valence-electron chi connectivity index (χ3n) is 4.57. The Morgan fingerprint density at radius 3 is 1.93 bits per heavy atom. The Morgan fingerprint density at radius 1 is 0.926 bits per heavy atom. The van der Waals surface area contributed by atoms with Gasteiger partial charge in [0.05, 0.1) is 12.7 Å². The number of anilines is 2. The highest BCUT2D eigenvalue weighted by Gasteiger charge is 2.21. The van der Waals surface area contributed by atoms with Crippen molar-refractivity contribution in [2.75, 3.05) is 45.1 Å². The molecule has 5 nitrogen and oxygen atoms in total. The van der Waals surface area contributed by atoms with Crippen LogP contribution in [0, 0.1) is 13.8 Å². The number of carbonyl (C=O) groups is 1. The van der Waals surface area contributed by atoms with E-state index in [0.29, 0.717) is 5.56 Å². The largest absolute Gasteiger partial charge is 0.465 e. The summed E-state index contributed by atoms with van der Waals surface area (Å²) in [6, 6.07) is 7.81. The number of aryl methyl sites for hydroxylation is 2. The maximum absolute atomic E-state index is 12.6. The molecular formula is C22H26N2O3. The summed E-state index contributed by atoms with van der Waals surface area (Å²) in [5.74, 6) is 1.47. The number of rotatable bonds is 5. The molecule has 0 N–H and O–H groups in total. The maximum Gasteiger partial charge on any atom is 0.338 e. The van der Waals surface area contributed by atoms with Gasteiger partial charge in [-0.15, -0.1) is 0 Å². The Bertz CT molecular complexity index is 924. The first-order chi connectivity index (χ1) is 12.7. The second kappa shape index (κ2) is 8.11. The van der Waals surface area contributed by atoms with Crippen LogP contribution in [0.15, 0.2) is 24.3 Å². The van der Waals surface area contributed by atoms with Gasteiger partial charge in [-0.05, 0) is 60.4 Å². The predicted molar refractivity (Wildman–Crippen MR) is 112 cm³/mol. The number of nitrogens with zero attached hydrogens (tertiary/aromatic N) is 2. The number of esters is 1. The Kier molecular flexibility index (Phi) is 6.09. The van der Waals surface area contributed by atoms with Crippen molar-refractivity contribution in [3.05, 3.63) is 46.5 Å². The van der Waals surface area contributed by atoms with E-state index in [1.807, 2.05) is 82.0 Å². The van der Waals surface area contributed by atoms with Gasteiger partial charge in [-0.2, -0.15) is 0 Å². The topological polar surface area (TPSA) is 49.9 Å². The van der Waals surface area contributed by atoms with Crippen molar-refractivity contribution in [2.24, 2.45) is 0 Å². The second-order valence-corrected chi connectivity index (χ2v) is 6.95. The molecule has 2 aromatic rings. The summed E-state index contributed by atoms with van der Waals surface area (Å²) < 4.78 is 5.04. The molecule has 142 valence electrons. The monoisotopic (exact) mass is 366 g/mol. The van der Waals surface area contributed by atoms with Crippen LogP contribution in [0.1, 0.15) is 27.0 Å². The van der Waals surface area contributed by atoms with Crippen molar-refractivity contribution in [2.45, 2.75) is 13.8 Å². The minimum atomic E-state index is -0.408. The van der Waals surface area contributed by atoms with Crippen LogP contribution in [0.5, 0.6) is 0 Å². The zero-order valence-corrected chi connectivity index (χ0v) is 17.0. The van der Waals surface area contributed by atoms with Crippen LogP contribution in [-0.4, -0.2) is 47.2 Å². The van der Waals surface area contributed by atoms with E-state index in [9.17, 15) is 9.59 Å². The van der Waals surface area contributed by atoms with Crippen molar-refractivity contribution in [1.82, 2.24) is 0 Å². The van der Waals surface area contributed by atoms with E-state index in [-0.39, 0.29) is 0 Å². The van der Waals surface area contributed by atoms with E-state index in [4.69, 9.17) is 4.74 Å². The number of ether oxygens (including phenoxy) is 1. The molecule has 0 aromatic heterocycles. The average molecular weight is 366 g/mol. The summed E-state index contributed by atoms with van der Waals surface area (Å²) >= 11 is 0. The van der Waals surface area contributed by atoms with Gasteiger partial charge < -0.3 is 14.5 Å². The van der Waals surface area contributed by atoms with E-state index in [1.54, 1.807) is 0 Å². The molecular weight excluding hydrogens is 340 g/mol. The molecule has 0 saturated heterocycles. The fourth-order valence-electron chi connectivity index (χ4n) is 3.20. The molecule has 2 rings (SSSR count). The van der Waals surface area contributed by atoms with E-state index < -0.39 is 5.97 Å². The summed E-state index contributed by atoms with van der Waals surface area (Å²) in [6.45, 7) is 3.94. The zero-order chi connectivity index (χ0) is 20.3. The summed E-state index contributed by atoms with van der Waals surface area (Å²) in [4.78, 5) is 27.6. The first-order valence-corrected chi connectivity index (χ1v) is 8.64. The molecule has 0 unspecified atom stereocenters. The Balaban J connectivity index is 2.92. The molecule has 0 aliphatic rings. The van der Waals surface area contributed by atoms with Crippen molar-refractivity contribution >= 4 is 29.4 Å². The van der Waals surface area contributed by atoms with Crippen LogP contribution < -0.4 is 9.80 Å². The smallest absolute Gasteiger partial charge is 0.338 e. The van der Waals surface area contributed by atoms with Crippen LogP contribution in [0.4, 0.5) is 11.4 Å². The van der Waals surface area contributed by atoms with E-state index in [2.05, 4.69) is 0 Å². The summed E-state index contributed by atoms with van der Waals surface area (Å²) in [6.07, 6.45) is 1.41. The van der Waals surface area contributed by atoms with Gasteiger partial charge in [-0.1, -0.05) is 0 Å². The third kappa shape index (κ3) is 4.04. The van der Waals surface area contributed by atoms with Crippen LogP contribution in [-0.2, 0) is 9.53 Å². The summed E-state index contributed by atoms with van der Waals surface area (Å²) in [7, 11) is 9.11. The SMILES string of the molecule is COC(=O)c1cc(N(C)C)cc(C)c1-c1c(C)cc(N(C)C)cc1C=C=O. The Morgan fingerprint density at radius 2 is 1.44 bits per heavy atom. The fraction of sp³-hybridized carbons (Fsp3) is 0.318. The van der Waals surface area contributed by atoms with Gasteiger partial charge in [0.1, 0.15) is 5.94 Å². The highest BCUT2D eigenvalue weighted by atomic mass is 16.5. The average Bonchev–Trinajstić information content (AvgIpc) is 2.61. The molecule has 5 heteroatoms. The molecule has 0 radical (unpaired) electrons. The van der Waals surface area contributed by atoms with Gasteiger partial charge in [0.2, 0.25) is 0 Å². The van der Waals surface area contributed by atoms with Gasteiger partial charge in [0, 0.05) is 51.2 Å². The molecule has 27 heavy (non-hydrogen) atoms. The molecule has 0 fully saturated rings. The fourth-order valence-corrected chi connectivity index (χ4v) is 3.20. The number of hydrogen-bond donors (Lipinski definition) is 0. The lowest BCUT2D eigenvalue weighted by atomic mass is 9.87. The number of methoxy groups -OCH3 is 1. The summed E-state index contributed by atoms with van der Waals surface area (Å²) in [5, 5.41) is 0. The van der Waals surface area contributed by atoms with Crippen LogP contribution in [0.25, 0.3) is 17.2 Å². The van der Waals surface area contributed by atoms with E-state index in [1.165, 1.54) is 13.2 Å². The minimum Gasteiger partial charge on any atom is -0.465 e. The van der Waals surface area contributed by atoms with Crippen LogP contribution in [0.3, 0.4) is 0 Å². The predicted octanol–water partition coefficient (Wildman–Crippen LogP) is 3.73. The Hall–Kier alpha value is -3.04. The molecule has 0 amide bonds. The minimum absolute atomic E-state index is 0.408. The van der Waals surface area contributed by atoms with Gasteiger partial charge in [0.15, 0.2) is 0 Å². The quantitative estimate of drug-likeness (QED) is 0.596. The van der Waals surface area contributed by atoms with Crippen molar-refractivity contribution in [3.63, 3.8) is 0 Å². The van der Waals surface area contributed by atoms with E-state index >= 15 is 0 Å². The molecule has 0 heterocycles. The van der Waals surface area contributed by atoms with Gasteiger partial charge >= 0.3 is 5.97 Å². The molecule has 0 aliphatic heterocycles. The normalized spacial score (nSPS) is 10.2. The second-order valence-electron chi connectivity index (χ2n) is 6.95. The molecule has 0 aliphatic carbocycles. The Labute approximate surface area is 160 Å². The highest BCUT2D eigenvalue weighted by Crippen LogP contribution is 2.38. The number of carbonyl (C=O) groups excluding carboxylic acids is 2. The van der Waals surface area contributed by atoms with Crippen molar-refractivity contribution < 1.29 is 14.3 Å². The molecule has 0 saturated carbocycles. The van der Waals surface area contributed by atoms with Crippen LogP contribution in [0.2, 0.25) is 0 Å². The molecule has 0 atom stereocenters.